The lowest BCUT2D eigenvalue weighted by Gasteiger charge is -2.15. The van der Waals surface area contributed by atoms with Crippen molar-refractivity contribution in [3.63, 3.8) is 0 Å². The minimum absolute atomic E-state index is 0.103. The van der Waals surface area contributed by atoms with Crippen LogP contribution in [0.3, 0.4) is 0 Å². The fourth-order valence-corrected chi connectivity index (χ4v) is 2.45. The van der Waals surface area contributed by atoms with E-state index >= 15 is 0 Å². The Labute approximate surface area is 125 Å². The SMILES string of the molecule is CSc1ccc(C(C)NCc2ccc(CO)cc2)cc1. The van der Waals surface area contributed by atoms with Crippen molar-refractivity contribution in [2.75, 3.05) is 6.26 Å². The van der Waals surface area contributed by atoms with E-state index in [-0.39, 0.29) is 6.61 Å². The Bertz CT molecular complexity index is 522. The summed E-state index contributed by atoms with van der Waals surface area (Å²) in [5.74, 6) is 0. The standard InChI is InChI=1S/C17H21NOS/c1-13(16-7-9-17(20-2)10-8-16)18-11-14-3-5-15(12-19)6-4-14/h3-10,13,18-19H,11-12H2,1-2H3. The summed E-state index contributed by atoms with van der Waals surface area (Å²) in [6.45, 7) is 3.11. The van der Waals surface area contributed by atoms with Crippen LogP contribution in [0.5, 0.6) is 0 Å². The highest BCUT2D eigenvalue weighted by Gasteiger charge is 2.04. The lowest BCUT2D eigenvalue weighted by atomic mass is 10.1. The van der Waals surface area contributed by atoms with Crippen LogP contribution in [0.4, 0.5) is 0 Å². The van der Waals surface area contributed by atoms with Crippen LogP contribution in [0.1, 0.15) is 29.7 Å². The number of thioether (sulfide) groups is 1. The number of hydrogen-bond donors (Lipinski definition) is 2. The summed E-state index contributed by atoms with van der Waals surface area (Å²) in [6, 6.07) is 17.1. The van der Waals surface area contributed by atoms with Gasteiger partial charge in [-0.3, -0.25) is 0 Å². The quantitative estimate of drug-likeness (QED) is 0.794. The summed E-state index contributed by atoms with van der Waals surface area (Å²) in [5, 5.41) is 12.5. The van der Waals surface area contributed by atoms with Crippen molar-refractivity contribution in [1.82, 2.24) is 5.32 Å². The van der Waals surface area contributed by atoms with E-state index in [2.05, 4.69) is 54.9 Å². The summed E-state index contributed by atoms with van der Waals surface area (Å²) in [4.78, 5) is 1.29. The van der Waals surface area contributed by atoms with Gasteiger partial charge in [0.25, 0.3) is 0 Å². The molecule has 2 nitrogen and oxygen atoms in total. The van der Waals surface area contributed by atoms with Crippen molar-refractivity contribution in [2.45, 2.75) is 31.0 Å². The zero-order chi connectivity index (χ0) is 14.4. The van der Waals surface area contributed by atoms with Crippen molar-refractivity contribution in [1.29, 1.82) is 0 Å². The van der Waals surface area contributed by atoms with Crippen LogP contribution >= 0.6 is 11.8 Å². The van der Waals surface area contributed by atoms with Gasteiger partial charge in [-0.15, -0.1) is 11.8 Å². The molecule has 0 heterocycles. The number of aliphatic hydroxyl groups is 1. The molecule has 0 aromatic heterocycles. The van der Waals surface area contributed by atoms with Crippen LogP contribution in [-0.2, 0) is 13.2 Å². The van der Waals surface area contributed by atoms with E-state index in [9.17, 15) is 0 Å². The molecular formula is C17H21NOS. The normalized spacial score (nSPS) is 12.3. The van der Waals surface area contributed by atoms with Gasteiger partial charge in [0.1, 0.15) is 0 Å². The fourth-order valence-electron chi connectivity index (χ4n) is 2.04. The van der Waals surface area contributed by atoms with E-state index in [0.717, 1.165) is 12.1 Å². The monoisotopic (exact) mass is 287 g/mol. The van der Waals surface area contributed by atoms with Gasteiger partial charge in [0.15, 0.2) is 0 Å². The molecule has 0 aliphatic heterocycles. The molecule has 0 fully saturated rings. The van der Waals surface area contributed by atoms with E-state index in [1.54, 1.807) is 11.8 Å². The lowest BCUT2D eigenvalue weighted by molar-refractivity contribution is 0.282. The summed E-state index contributed by atoms with van der Waals surface area (Å²) in [6.07, 6.45) is 2.09. The minimum atomic E-state index is 0.103. The van der Waals surface area contributed by atoms with Gasteiger partial charge in [0.2, 0.25) is 0 Å². The van der Waals surface area contributed by atoms with Crippen molar-refractivity contribution in [3.05, 3.63) is 65.2 Å². The van der Waals surface area contributed by atoms with Crippen molar-refractivity contribution in [3.8, 4) is 0 Å². The van der Waals surface area contributed by atoms with Gasteiger partial charge in [-0.1, -0.05) is 36.4 Å². The molecule has 2 aromatic carbocycles. The Morgan fingerprint density at radius 1 is 1.00 bits per heavy atom. The third-order valence-corrected chi connectivity index (χ3v) is 4.18. The fraction of sp³-hybridized carbons (Fsp3) is 0.294. The van der Waals surface area contributed by atoms with Gasteiger partial charge < -0.3 is 10.4 Å². The van der Waals surface area contributed by atoms with Crippen LogP contribution < -0.4 is 5.32 Å². The van der Waals surface area contributed by atoms with Crippen LogP contribution in [0.15, 0.2) is 53.4 Å². The maximum absolute atomic E-state index is 9.02. The summed E-state index contributed by atoms with van der Waals surface area (Å²) >= 11 is 1.76. The maximum atomic E-state index is 9.02. The van der Waals surface area contributed by atoms with Gasteiger partial charge >= 0.3 is 0 Å². The number of nitrogens with one attached hydrogen (secondary N) is 1. The minimum Gasteiger partial charge on any atom is -0.392 e. The molecule has 2 N–H and O–H groups in total. The predicted octanol–water partition coefficient (Wildman–Crippen LogP) is 3.75. The first-order chi connectivity index (χ1) is 9.72. The molecule has 0 spiro atoms. The van der Waals surface area contributed by atoms with E-state index in [1.807, 2.05) is 12.1 Å². The first kappa shape index (κ1) is 15.1. The third-order valence-electron chi connectivity index (χ3n) is 3.43. The Morgan fingerprint density at radius 3 is 2.15 bits per heavy atom. The van der Waals surface area contributed by atoms with E-state index < -0.39 is 0 Å². The molecule has 0 radical (unpaired) electrons. The highest BCUT2D eigenvalue weighted by Crippen LogP contribution is 2.19. The molecule has 0 saturated heterocycles. The summed E-state index contributed by atoms with van der Waals surface area (Å²) < 4.78 is 0. The molecule has 0 aliphatic carbocycles. The number of rotatable bonds is 6. The average Bonchev–Trinajstić information content (AvgIpc) is 2.53. The second-order valence-electron chi connectivity index (χ2n) is 4.85. The lowest BCUT2D eigenvalue weighted by Crippen LogP contribution is -2.18. The smallest absolute Gasteiger partial charge is 0.0681 e. The molecule has 0 aliphatic rings. The van der Waals surface area contributed by atoms with Crippen molar-refractivity contribution < 1.29 is 5.11 Å². The van der Waals surface area contributed by atoms with Crippen molar-refractivity contribution in [2.24, 2.45) is 0 Å². The number of aliphatic hydroxyl groups excluding tert-OH is 1. The van der Waals surface area contributed by atoms with Gasteiger partial charge in [-0.2, -0.15) is 0 Å². The zero-order valence-electron chi connectivity index (χ0n) is 12.0. The molecule has 3 heteroatoms. The number of hydrogen-bond acceptors (Lipinski definition) is 3. The molecule has 1 atom stereocenters. The summed E-state index contributed by atoms with van der Waals surface area (Å²) in [7, 11) is 0. The van der Waals surface area contributed by atoms with Gasteiger partial charge in [-0.05, 0) is 42.0 Å². The first-order valence-corrected chi connectivity index (χ1v) is 8.01. The Hall–Kier alpha value is -1.29. The Balaban J connectivity index is 1.91. The van der Waals surface area contributed by atoms with E-state index in [4.69, 9.17) is 5.11 Å². The molecule has 0 saturated carbocycles. The van der Waals surface area contributed by atoms with E-state index in [1.165, 1.54) is 16.0 Å². The molecule has 1 unspecified atom stereocenters. The summed E-state index contributed by atoms with van der Waals surface area (Å²) in [5.41, 5.74) is 3.49. The molecule has 106 valence electrons. The van der Waals surface area contributed by atoms with Crippen LogP contribution in [0.25, 0.3) is 0 Å². The van der Waals surface area contributed by atoms with Crippen LogP contribution in [-0.4, -0.2) is 11.4 Å². The highest BCUT2D eigenvalue weighted by molar-refractivity contribution is 7.98. The molecule has 2 rings (SSSR count). The number of benzene rings is 2. The zero-order valence-corrected chi connectivity index (χ0v) is 12.8. The third kappa shape index (κ3) is 4.10. The second-order valence-corrected chi connectivity index (χ2v) is 5.73. The maximum Gasteiger partial charge on any atom is 0.0681 e. The van der Waals surface area contributed by atoms with Gasteiger partial charge in [0, 0.05) is 17.5 Å². The van der Waals surface area contributed by atoms with E-state index in [0.29, 0.717) is 6.04 Å². The molecule has 0 amide bonds. The second kappa shape index (κ2) is 7.48. The average molecular weight is 287 g/mol. The topological polar surface area (TPSA) is 32.3 Å². The van der Waals surface area contributed by atoms with Crippen molar-refractivity contribution >= 4 is 11.8 Å². The van der Waals surface area contributed by atoms with Gasteiger partial charge in [-0.25, -0.2) is 0 Å². The molecular weight excluding hydrogens is 266 g/mol. The molecule has 2 aromatic rings. The predicted molar refractivity (Wildman–Crippen MR) is 85.8 cm³/mol. The van der Waals surface area contributed by atoms with Crippen LogP contribution in [0, 0.1) is 0 Å². The molecule has 0 bridgehead atoms. The first-order valence-electron chi connectivity index (χ1n) is 6.79. The van der Waals surface area contributed by atoms with Crippen LogP contribution in [0.2, 0.25) is 0 Å². The highest BCUT2D eigenvalue weighted by atomic mass is 32.2. The Morgan fingerprint density at radius 2 is 1.60 bits per heavy atom. The molecule has 20 heavy (non-hydrogen) atoms. The largest absolute Gasteiger partial charge is 0.392 e. The van der Waals surface area contributed by atoms with Gasteiger partial charge in [0.05, 0.1) is 6.61 Å². The Kier molecular flexibility index (Phi) is 5.65.